The molecule has 0 unspecified atom stereocenters. The van der Waals surface area contributed by atoms with Crippen LogP contribution in [0.25, 0.3) is 21.3 Å². The Morgan fingerprint density at radius 1 is 1.14 bits per heavy atom. The monoisotopic (exact) mass is 512 g/mol. The largest absolute Gasteiger partial charge is 0.481 e. The summed E-state index contributed by atoms with van der Waals surface area (Å²) in [5.74, 6) is 1.71. The number of hydrogen-bond acceptors (Lipinski definition) is 10. The van der Waals surface area contributed by atoms with Crippen LogP contribution in [0.1, 0.15) is 0 Å². The summed E-state index contributed by atoms with van der Waals surface area (Å²) in [6, 6.07) is 10.9. The molecule has 0 atom stereocenters. The van der Waals surface area contributed by atoms with Crippen LogP contribution in [0.2, 0.25) is 0 Å². The van der Waals surface area contributed by atoms with Crippen molar-refractivity contribution in [2.24, 2.45) is 0 Å². The van der Waals surface area contributed by atoms with Crippen molar-refractivity contribution in [3.63, 3.8) is 0 Å². The molecule has 0 radical (unpaired) electrons. The Morgan fingerprint density at radius 2 is 1.97 bits per heavy atom. The van der Waals surface area contributed by atoms with Gasteiger partial charge in [-0.05, 0) is 23.8 Å². The average Bonchev–Trinajstić information content (AvgIpc) is 3.27. The van der Waals surface area contributed by atoms with Gasteiger partial charge in [-0.3, -0.25) is 4.72 Å². The number of thiophene rings is 1. The van der Waals surface area contributed by atoms with Crippen molar-refractivity contribution in [3.05, 3.63) is 48.0 Å². The summed E-state index contributed by atoms with van der Waals surface area (Å²) in [7, 11) is -1.78. The van der Waals surface area contributed by atoms with E-state index in [0.717, 1.165) is 52.2 Å². The van der Waals surface area contributed by atoms with Crippen molar-refractivity contribution < 1.29 is 17.9 Å². The Bertz CT molecular complexity index is 1470. The van der Waals surface area contributed by atoms with Crippen molar-refractivity contribution in [2.75, 3.05) is 54.6 Å². The maximum Gasteiger partial charge on any atom is 0.229 e. The van der Waals surface area contributed by atoms with Crippen LogP contribution in [0.15, 0.2) is 48.0 Å². The third-order valence-corrected chi connectivity index (χ3v) is 6.92. The molecule has 1 fully saturated rings. The van der Waals surface area contributed by atoms with Crippen molar-refractivity contribution in [2.45, 2.75) is 0 Å². The molecule has 182 valence electrons. The van der Waals surface area contributed by atoms with Gasteiger partial charge in [0.25, 0.3) is 0 Å². The molecule has 0 saturated carbocycles. The number of anilines is 4. The molecule has 4 heterocycles. The summed E-state index contributed by atoms with van der Waals surface area (Å²) >= 11 is 1.53. The number of nitrogens with zero attached hydrogens (tertiary/aromatic N) is 4. The lowest BCUT2D eigenvalue weighted by Gasteiger charge is -2.29. The van der Waals surface area contributed by atoms with Crippen LogP contribution in [-0.4, -0.2) is 63.0 Å². The highest BCUT2D eigenvalue weighted by molar-refractivity contribution is 7.92. The first-order valence-corrected chi connectivity index (χ1v) is 13.6. The summed E-state index contributed by atoms with van der Waals surface area (Å²) in [5.41, 5.74) is 3.79. The Kier molecular flexibility index (Phi) is 6.41. The van der Waals surface area contributed by atoms with E-state index in [1.165, 1.54) is 11.3 Å². The van der Waals surface area contributed by atoms with E-state index in [0.29, 0.717) is 30.7 Å². The molecule has 0 aliphatic carbocycles. The van der Waals surface area contributed by atoms with Crippen LogP contribution in [0, 0.1) is 0 Å². The maximum atomic E-state index is 11.6. The van der Waals surface area contributed by atoms with E-state index in [-0.39, 0.29) is 0 Å². The predicted octanol–water partition coefficient (Wildman–Crippen LogP) is 3.71. The van der Waals surface area contributed by atoms with Gasteiger partial charge in [-0.2, -0.15) is 4.98 Å². The number of nitrogens with one attached hydrogen (secondary N) is 2. The number of aromatic nitrogens is 3. The lowest BCUT2D eigenvalue weighted by atomic mass is 10.1. The van der Waals surface area contributed by atoms with Gasteiger partial charge in [0.05, 0.1) is 48.7 Å². The van der Waals surface area contributed by atoms with E-state index in [1.54, 1.807) is 31.5 Å². The van der Waals surface area contributed by atoms with E-state index in [2.05, 4.69) is 24.9 Å². The van der Waals surface area contributed by atoms with E-state index >= 15 is 0 Å². The Morgan fingerprint density at radius 3 is 2.74 bits per heavy atom. The van der Waals surface area contributed by atoms with E-state index < -0.39 is 10.0 Å². The highest BCUT2D eigenvalue weighted by Gasteiger charge is 2.19. The predicted molar refractivity (Wildman–Crippen MR) is 138 cm³/mol. The molecule has 1 aliphatic rings. The number of ether oxygens (including phenoxy) is 2. The topological polar surface area (TPSA) is 119 Å². The second kappa shape index (κ2) is 9.64. The first kappa shape index (κ1) is 23.3. The van der Waals surface area contributed by atoms with E-state index in [4.69, 9.17) is 14.5 Å². The summed E-state index contributed by atoms with van der Waals surface area (Å²) in [4.78, 5) is 16.1. The number of methoxy groups -OCH3 is 1. The van der Waals surface area contributed by atoms with Crippen LogP contribution >= 0.6 is 11.3 Å². The number of benzene rings is 1. The van der Waals surface area contributed by atoms with Crippen LogP contribution in [-0.2, 0) is 14.8 Å². The molecule has 5 rings (SSSR count). The van der Waals surface area contributed by atoms with Crippen molar-refractivity contribution in [1.29, 1.82) is 0 Å². The standard InChI is InChI=1S/C23H24N6O4S2/c1-32-20-7-6-18(22(26-20)29-8-10-33-11-9-29)25-23-24-13-19-21(27-23)17(14-34-19)15-4-3-5-16(12-15)28-35(2,30)31/h3-7,12-14,28H,8-11H2,1-2H3,(H,24,25,27). The lowest BCUT2D eigenvalue weighted by molar-refractivity contribution is 0.122. The zero-order valence-corrected chi connectivity index (χ0v) is 20.8. The molecule has 1 saturated heterocycles. The van der Waals surface area contributed by atoms with Gasteiger partial charge in [0.1, 0.15) is 0 Å². The molecule has 3 aromatic heterocycles. The van der Waals surface area contributed by atoms with Gasteiger partial charge >= 0.3 is 0 Å². The molecule has 0 spiro atoms. The molecule has 35 heavy (non-hydrogen) atoms. The highest BCUT2D eigenvalue weighted by atomic mass is 32.2. The van der Waals surface area contributed by atoms with Crippen molar-refractivity contribution >= 4 is 54.7 Å². The van der Waals surface area contributed by atoms with Crippen LogP contribution in [0.4, 0.5) is 23.1 Å². The molecule has 2 N–H and O–H groups in total. The second-order valence-electron chi connectivity index (χ2n) is 7.96. The minimum Gasteiger partial charge on any atom is -0.481 e. The number of fused-ring (bicyclic) bond motifs is 1. The molecule has 1 aromatic carbocycles. The molecule has 0 amide bonds. The molecule has 10 nitrogen and oxygen atoms in total. The van der Waals surface area contributed by atoms with Crippen LogP contribution < -0.4 is 19.7 Å². The number of hydrogen-bond donors (Lipinski definition) is 2. The zero-order chi connectivity index (χ0) is 24.4. The summed E-state index contributed by atoms with van der Waals surface area (Å²) < 4.78 is 37.6. The maximum absolute atomic E-state index is 11.6. The fourth-order valence-corrected chi connectivity index (χ4v) is 5.26. The molecule has 1 aliphatic heterocycles. The molecule has 0 bridgehead atoms. The SMILES string of the molecule is COc1ccc(Nc2ncc3scc(-c4cccc(NS(C)(=O)=O)c4)c3n2)c(N2CCOCC2)n1. The van der Waals surface area contributed by atoms with Gasteiger partial charge in [-0.1, -0.05) is 12.1 Å². The molecular weight excluding hydrogens is 488 g/mol. The zero-order valence-electron chi connectivity index (χ0n) is 19.2. The van der Waals surface area contributed by atoms with Gasteiger partial charge < -0.3 is 19.7 Å². The Hall–Kier alpha value is -3.48. The van der Waals surface area contributed by atoms with Gasteiger partial charge in [-0.25, -0.2) is 18.4 Å². The highest BCUT2D eigenvalue weighted by Crippen LogP contribution is 2.35. The number of pyridine rings is 1. The normalized spacial score (nSPS) is 14.2. The number of morpholine rings is 1. The van der Waals surface area contributed by atoms with Crippen molar-refractivity contribution in [1.82, 2.24) is 15.0 Å². The smallest absolute Gasteiger partial charge is 0.229 e. The van der Waals surface area contributed by atoms with Gasteiger partial charge in [0, 0.05) is 35.8 Å². The Labute approximate surface area is 207 Å². The van der Waals surface area contributed by atoms with Gasteiger partial charge in [0.15, 0.2) is 5.82 Å². The van der Waals surface area contributed by atoms with E-state index in [9.17, 15) is 8.42 Å². The number of sulfonamides is 1. The van der Waals surface area contributed by atoms with Gasteiger partial charge in [-0.15, -0.1) is 11.3 Å². The second-order valence-corrected chi connectivity index (χ2v) is 10.6. The quantitative estimate of drug-likeness (QED) is 0.382. The first-order chi connectivity index (χ1) is 16.9. The Balaban J connectivity index is 1.49. The first-order valence-electron chi connectivity index (χ1n) is 10.9. The summed E-state index contributed by atoms with van der Waals surface area (Å²) in [6.07, 6.45) is 2.91. The molecule has 4 aromatic rings. The van der Waals surface area contributed by atoms with Crippen molar-refractivity contribution in [3.8, 4) is 17.0 Å². The third-order valence-electron chi connectivity index (χ3n) is 5.41. The summed E-state index contributed by atoms with van der Waals surface area (Å²) in [6.45, 7) is 2.71. The molecular formula is C23H24N6O4S2. The van der Waals surface area contributed by atoms with Crippen LogP contribution in [0.5, 0.6) is 5.88 Å². The summed E-state index contributed by atoms with van der Waals surface area (Å²) in [5, 5.41) is 5.31. The third kappa shape index (κ3) is 5.29. The van der Waals surface area contributed by atoms with Gasteiger partial charge in [0.2, 0.25) is 21.9 Å². The van der Waals surface area contributed by atoms with E-state index in [1.807, 2.05) is 23.6 Å². The van der Waals surface area contributed by atoms with Crippen LogP contribution in [0.3, 0.4) is 0 Å². The fourth-order valence-electron chi connectivity index (χ4n) is 3.84. The minimum absolute atomic E-state index is 0.434. The molecule has 12 heteroatoms. The average molecular weight is 513 g/mol. The fraction of sp³-hybridized carbons (Fsp3) is 0.261. The lowest BCUT2D eigenvalue weighted by Crippen LogP contribution is -2.37. The number of rotatable bonds is 7. The minimum atomic E-state index is -3.37.